The molecule has 0 aromatic heterocycles. The zero-order valence-electron chi connectivity index (χ0n) is 11.4. The summed E-state index contributed by atoms with van der Waals surface area (Å²) in [6.45, 7) is 0. The van der Waals surface area contributed by atoms with Crippen molar-refractivity contribution in [1.29, 1.82) is 0 Å². The number of benzene rings is 1. The Morgan fingerprint density at radius 2 is 2.00 bits per heavy atom. The van der Waals surface area contributed by atoms with Crippen molar-refractivity contribution in [3.63, 3.8) is 0 Å². The molecule has 1 fully saturated rings. The van der Waals surface area contributed by atoms with Gasteiger partial charge >= 0.3 is 0 Å². The first-order valence-corrected chi connectivity index (χ1v) is 7.69. The Bertz CT molecular complexity index is 454. The zero-order valence-corrected chi connectivity index (χ0v) is 13.0. The number of hydrogen-bond donors (Lipinski definition) is 1. The molecule has 0 bridgehead atoms. The fraction of sp³-hybridized carbons (Fsp3) is 0.600. The van der Waals surface area contributed by atoms with Gasteiger partial charge in [0.05, 0.1) is 0 Å². The molecule has 20 heavy (non-hydrogen) atoms. The van der Waals surface area contributed by atoms with Crippen LogP contribution in [0.5, 0.6) is 0 Å². The molecule has 1 atom stereocenters. The fourth-order valence-corrected chi connectivity index (χ4v) is 3.31. The van der Waals surface area contributed by atoms with Crippen molar-refractivity contribution in [2.75, 3.05) is 7.05 Å². The summed E-state index contributed by atoms with van der Waals surface area (Å²) in [5.41, 5.74) is 0.877. The molecule has 0 heterocycles. The molecule has 0 saturated heterocycles. The third kappa shape index (κ3) is 3.98. The van der Waals surface area contributed by atoms with Crippen LogP contribution < -0.4 is 5.32 Å². The highest BCUT2D eigenvalue weighted by atomic mass is 79.9. The minimum atomic E-state index is -2.51. The van der Waals surface area contributed by atoms with Gasteiger partial charge in [0.25, 0.3) is 0 Å². The standard InChI is InChI=1S/C15H19BrF3N/c1-20-14(10-4-6-15(18,19)7-5-10)9-11-8-12(17)2-3-13(11)16/h2-3,8,10,14,20H,4-7,9H2,1H3. The van der Waals surface area contributed by atoms with Gasteiger partial charge in [0.2, 0.25) is 5.92 Å². The summed E-state index contributed by atoms with van der Waals surface area (Å²) in [6, 6.07) is 4.70. The maximum Gasteiger partial charge on any atom is 0.248 e. The lowest BCUT2D eigenvalue weighted by Gasteiger charge is -2.34. The summed E-state index contributed by atoms with van der Waals surface area (Å²) < 4.78 is 40.6. The third-order valence-corrected chi connectivity index (χ3v) is 4.92. The maximum atomic E-state index is 13.3. The minimum Gasteiger partial charge on any atom is -0.316 e. The second-order valence-electron chi connectivity index (χ2n) is 5.53. The quantitative estimate of drug-likeness (QED) is 0.841. The highest BCUT2D eigenvalue weighted by Gasteiger charge is 2.37. The van der Waals surface area contributed by atoms with Crippen LogP contribution in [0.1, 0.15) is 31.2 Å². The van der Waals surface area contributed by atoms with E-state index in [0.717, 1.165) is 10.0 Å². The number of likely N-dealkylation sites (N-methyl/N-ethyl adjacent to an activating group) is 1. The monoisotopic (exact) mass is 349 g/mol. The molecular formula is C15H19BrF3N. The third-order valence-electron chi connectivity index (χ3n) is 4.15. The normalized spacial score (nSPS) is 20.9. The largest absolute Gasteiger partial charge is 0.316 e. The smallest absolute Gasteiger partial charge is 0.248 e. The van der Waals surface area contributed by atoms with E-state index >= 15 is 0 Å². The van der Waals surface area contributed by atoms with Crippen LogP contribution in [0, 0.1) is 11.7 Å². The summed E-state index contributed by atoms with van der Waals surface area (Å²) in [5, 5.41) is 3.21. The number of hydrogen-bond acceptors (Lipinski definition) is 1. The Hall–Kier alpha value is -0.550. The topological polar surface area (TPSA) is 12.0 Å². The van der Waals surface area contributed by atoms with Gasteiger partial charge < -0.3 is 5.32 Å². The van der Waals surface area contributed by atoms with E-state index in [9.17, 15) is 13.2 Å². The van der Waals surface area contributed by atoms with E-state index in [0.29, 0.717) is 19.3 Å². The first-order chi connectivity index (χ1) is 9.41. The lowest BCUT2D eigenvalue weighted by molar-refractivity contribution is -0.0492. The molecule has 0 spiro atoms. The van der Waals surface area contributed by atoms with Crippen LogP contribution in [0.15, 0.2) is 22.7 Å². The zero-order chi connectivity index (χ0) is 14.8. The molecule has 2 rings (SSSR count). The van der Waals surface area contributed by atoms with Gasteiger partial charge in [-0.1, -0.05) is 15.9 Å². The Labute approximate surface area is 126 Å². The van der Waals surface area contributed by atoms with Crippen molar-refractivity contribution < 1.29 is 13.2 Å². The van der Waals surface area contributed by atoms with Crippen molar-refractivity contribution >= 4 is 15.9 Å². The van der Waals surface area contributed by atoms with E-state index in [4.69, 9.17) is 0 Å². The van der Waals surface area contributed by atoms with Crippen LogP contribution in [0.25, 0.3) is 0 Å². The number of nitrogens with one attached hydrogen (secondary N) is 1. The fourth-order valence-electron chi connectivity index (χ4n) is 2.91. The average Bonchev–Trinajstić information content (AvgIpc) is 2.40. The molecule has 1 nitrogen and oxygen atoms in total. The Morgan fingerprint density at radius 3 is 2.60 bits per heavy atom. The summed E-state index contributed by atoms with van der Waals surface area (Å²) in [4.78, 5) is 0. The van der Waals surface area contributed by atoms with Gasteiger partial charge in [0.1, 0.15) is 5.82 Å². The predicted molar refractivity (Wildman–Crippen MR) is 77.6 cm³/mol. The molecule has 1 aromatic rings. The van der Waals surface area contributed by atoms with E-state index in [-0.39, 0.29) is 30.6 Å². The van der Waals surface area contributed by atoms with Crippen molar-refractivity contribution in [2.24, 2.45) is 5.92 Å². The molecule has 0 amide bonds. The Kier molecular flexibility index (Phi) is 5.13. The molecule has 5 heteroatoms. The Morgan fingerprint density at radius 1 is 1.35 bits per heavy atom. The predicted octanol–water partition coefficient (Wildman–Crippen LogP) is 4.54. The van der Waals surface area contributed by atoms with Crippen LogP contribution in [-0.4, -0.2) is 19.0 Å². The first kappa shape index (κ1) is 15.8. The molecular weight excluding hydrogens is 331 g/mol. The molecule has 0 aliphatic heterocycles. The average molecular weight is 350 g/mol. The van der Waals surface area contributed by atoms with Crippen LogP contribution in [0.2, 0.25) is 0 Å². The van der Waals surface area contributed by atoms with E-state index in [1.165, 1.54) is 12.1 Å². The van der Waals surface area contributed by atoms with E-state index in [2.05, 4.69) is 21.2 Å². The van der Waals surface area contributed by atoms with Crippen LogP contribution >= 0.6 is 15.9 Å². The molecule has 112 valence electrons. The second kappa shape index (κ2) is 6.48. The first-order valence-electron chi connectivity index (χ1n) is 6.90. The number of halogens is 4. The van der Waals surface area contributed by atoms with E-state index < -0.39 is 5.92 Å². The summed E-state index contributed by atoms with van der Waals surface area (Å²) >= 11 is 3.42. The summed E-state index contributed by atoms with van der Waals surface area (Å²) in [5.74, 6) is -2.56. The molecule has 1 aliphatic carbocycles. The molecule has 1 saturated carbocycles. The van der Waals surface area contributed by atoms with Gasteiger partial charge in [0, 0.05) is 23.4 Å². The molecule has 1 aliphatic rings. The summed E-state index contributed by atoms with van der Waals surface area (Å²) in [6.07, 6.45) is 1.60. The maximum absolute atomic E-state index is 13.3. The SMILES string of the molecule is CNC(Cc1cc(F)ccc1Br)C1CCC(F)(F)CC1. The van der Waals surface area contributed by atoms with Gasteiger partial charge in [-0.2, -0.15) is 0 Å². The van der Waals surface area contributed by atoms with Gasteiger partial charge in [-0.15, -0.1) is 0 Å². The minimum absolute atomic E-state index is 0.0415. The van der Waals surface area contributed by atoms with Crippen molar-refractivity contribution in [1.82, 2.24) is 5.32 Å². The van der Waals surface area contributed by atoms with Crippen LogP contribution in [0.3, 0.4) is 0 Å². The van der Waals surface area contributed by atoms with Gasteiger partial charge in [-0.25, -0.2) is 13.2 Å². The molecule has 1 N–H and O–H groups in total. The molecule has 1 unspecified atom stereocenters. The van der Waals surface area contributed by atoms with Crippen molar-refractivity contribution in [3.05, 3.63) is 34.1 Å². The van der Waals surface area contributed by atoms with Crippen LogP contribution in [-0.2, 0) is 6.42 Å². The second-order valence-corrected chi connectivity index (χ2v) is 6.38. The molecule has 1 aromatic carbocycles. The van der Waals surface area contributed by atoms with Gasteiger partial charge in [0.15, 0.2) is 0 Å². The summed E-state index contributed by atoms with van der Waals surface area (Å²) in [7, 11) is 1.84. The number of rotatable bonds is 4. The highest BCUT2D eigenvalue weighted by molar-refractivity contribution is 9.10. The van der Waals surface area contributed by atoms with E-state index in [1.54, 1.807) is 6.07 Å². The van der Waals surface area contributed by atoms with Crippen LogP contribution in [0.4, 0.5) is 13.2 Å². The van der Waals surface area contributed by atoms with Gasteiger partial charge in [-0.05, 0) is 56.0 Å². The number of alkyl halides is 2. The van der Waals surface area contributed by atoms with Crippen molar-refractivity contribution in [3.8, 4) is 0 Å². The molecule has 0 radical (unpaired) electrons. The van der Waals surface area contributed by atoms with E-state index in [1.807, 2.05) is 7.05 Å². The lowest BCUT2D eigenvalue weighted by atomic mass is 9.80. The van der Waals surface area contributed by atoms with Crippen molar-refractivity contribution in [2.45, 2.75) is 44.1 Å². The Balaban J connectivity index is 2.04. The van der Waals surface area contributed by atoms with Gasteiger partial charge in [-0.3, -0.25) is 0 Å². The lowest BCUT2D eigenvalue weighted by Crippen LogP contribution is -2.39. The highest BCUT2D eigenvalue weighted by Crippen LogP contribution is 2.38.